The second-order valence-corrected chi connectivity index (χ2v) is 5.41. The van der Waals surface area contributed by atoms with Gasteiger partial charge in [-0.2, -0.15) is 0 Å². The molecule has 2 amide bonds. The van der Waals surface area contributed by atoms with Crippen LogP contribution in [0.5, 0.6) is 0 Å². The summed E-state index contributed by atoms with van der Waals surface area (Å²) < 4.78 is 31.9. The molecule has 2 aromatic rings. The number of carbonyl (C=O) groups excluding carboxylic acids is 2. The van der Waals surface area contributed by atoms with E-state index in [1.54, 1.807) is 13.0 Å². The van der Waals surface area contributed by atoms with Gasteiger partial charge < -0.3 is 15.4 Å². The van der Waals surface area contributed by atoms with Crippen molar-refractivity contribution in [3.8, 4) is 0 Å². The van der Waals surface area contributed by atoms with Gasteiger partial charge in [0.15, 0.2) is 0 Å². The highest BCUT2D eigenvalue weighted by Gasteiger charge is 2.18. The second-order valence-electron chi connectivity index (χ2n) is 5.41. The van der Waals surface area contributed by atoms with Crippen molar-refractivity contribution < 1.29 is 23.1 Å². The van der Waals surface area contributed by atoms with Crippen LogP contribution in [0.3, 0.4) is 0 Å². The van der Waals surface area contributed by atoms with Crippen LogP contribution in [0.1, 0.15) is 17.2 Å². The third-order valence-electron chi connectivity index (χ3n) is 3.59. The zero-order chi connectivity index (χ0) is 18.4. The summed E-state index contributed by atoms with van der Waals surface area (Å²) in [5, 5.41) is 4.71. The predicted molar refractivity (Wildman–Crippen MR) is 88.9 cm³/mol. The molecule has 0 spiro atoms. The molecular weight excluding hydrogens is 330 g/mol. The molecule has 2 aromatic carbocycles. The third-order valence-corrected chi connectivity index (χ3v) is 3.59. The average molecular weight is 348 g/mol. The highest BCUT2D eigenvalue weighted by atomic mass is 19.1. The molecule has 0 fully saturated rings. The van der Waals surface area contributed by atoms with E-state index >= 15 is 0 Å². The number of amides is 2. The van der Waals surface area contributed by atoms with Crippen molar-refractivity contribution in [1.82, 2.24) is 5.32 Å². The van der Waals surface area contributed by atoms with Crippen LogP contribution in [0.15, 0.2) is 42.5 Å². The molecular formula is C18H18F2N2O3. The van der Waals surface area contributed by atoms with E-state index in [9.17, 15) is 18.4 Å². The van der Waals surface area contributed by atoms with Gasteiger partial charge in [0.1, 0.15) is 11.6 Å². The minimum Gasteiger partial charge on any atom is -0.375 e. The van der Waals surface area contributed by atoms with E-state index in [0.717, 1.165) is 6.07 Å². The number of ether oxygens (including phenoxy) is 1. The van der Waals surface area contributed by atoms with Crippen molar-refractivity contribution in [2.75, 3.05) is 19.0 Å². The van der Waals surface area contributed by atoms with E-state index in [0.29, 0.717) is 11.1 Å². The Morgan fingerprint density at radius 2 is 1.88 bits per heavy atom. The number of hydrogen-bond acceptors (Lipinski definition) is 3. The smallest absolute Gasteiger partial charge is 0.313 e. The number of rotatable bonds is 5. The molecule has 0 aliphatic rings. The molecule has 2 rings (SSSR count). The maximum Gasteiger partial charge on any atom is 0.313 e. The Kier molecular flexibility index (Phi) is 6.19. The molecule has 1 atom stereocenters. The Balaban J connectivity index is 1.93. The lowest BCUT2D eigenvalue weighted by Crippen LogP contribution is -2.38. The van der Waals surface area contributed by atoms with Crippen molar-refractivity contribution >= 4 is 17.5 Å². The molecule has 7 heteroatoms. The lowest BCUT2D eigenvalue weighted by molar-refractivity contribution is -0.136. The summed E-state index contributed by atoms with van der Waals surface area (Å²) in [7, 11) is 1.41. The first kappa shape index (κ1) is 18.5. The van der Waals surface area contributed by atoms with E-state index in [1.165, 1.54) is 37.4 Å². The molecule has 0 aliphatic heterocycles. The quantitative estimate of drug-likeness (QED) is 0.817. The number of halogens is 2. The summed E-state index contributed by atoms with van der Waals surface area (Å²) in [5.41, 5.74) is 1.14. The van der Waals surface area contributed by atoms with Gasteiger partial charge in [-0.25, -0.2) is 8.78 Å². The first-order valence-corrected chi connectivity index (χ1v) is 7.54. The van der Waals surface area contributed by atoms with Gasteiger partial charge in [-0.15, -0.1) is 0 Å². The van der Waals surface area contributed by atoms with Gasteiger partial charge in [-0.05, 0) is 42.3 Å². The zero-order valence-corrected chi connectivity index (χ0v) is 13.8. The van der Waals surface area contributed by atoms with E-state index in [2.05, 4.69) is 10.6 Å². The Hall–Kier alpha value is -2.80. The molecule has 25 heavy (non-hydrogen) atoms. The Bertz CT molecular complexity index is 781. The van der Waals surface area contributed by atoms with Gasteiger partial charge >= 0.3 is 11.8 Å². The molecule has 0 radical (unpaired) electrons. The number of benzene rings is 2. The zero-order valence-electron chi connectivity index (χ0n) is 13.8. The fraction of sp³-hybridized carbons (Fsp3) is 0.222. The van der Waals surface area contributed by atoms with Crippen LogP contribution in [0.25, 0.3) is 0 Å². The molecule has 0 aliphatic carbocycles. The molecule has 0 bridgehead atoms. The van der Waals surface area contributed by atoms with Crippen LogP contribution in [-0.4, -0.2) is 25.5 Å². The third kappa shape index (κ3) is 5.09. The Morgan fingerprint density at radius 3 is 2.52 bits per heavy atom. The number of carbonyl (C=O) groups is 2. The monoisotopic (exact) mass is 348 g/mol. The number of nitrogens with one attached hydrogen (secondary N) is 2. The van der Waals surface area contributed by atoms with Crippen LogP contribution >= 0.6 is 0 Å². The number of anilines is 1. The summed E-state index contributed by atoms with van der Waals surface area (Å²) in [6.07, 6.45) is -0.607. The largest absolute Gasteiger partial charge is 0.375 e. The van der Waals surface area contributed by atoms with Crippen LogP contribution < -0.4 is 10.6 Å². The van der Waals surface area contributed by atoms with Gasteiger partial charge in [0.25, 0.3) is 0 Å². The Labute approximate surface area is 144 Å². The van der Waals surface area contributed by atoms with Gasteiger partial charge in [-0.1, -0.05) is 18.2 Å². The van der Waals surface area contributed by atoms with Crippen molar-refractivity contribution in [2.45, 2.75) is 13.0 Å². The lowest BCUT2D eigenvalue weighted by Gasteiger charge is -2.16. The van der Waals surface area contributed by atoms with Crippen molar-refractivity contribution in [3.05, 3.63) is 65.2 Å². The van der Waals surface area contributed by atoms with E-state index in [4.69, 9.17) is 4.74 Å². The van der Waals surface area contributed by atoms with Crippen molar-refractivity contribution in [3.63, 3.8) is 0 Å². The van der Waals surface area contributed by atoms with Crippen LogP contribution in [0.2, 0.25) is 0 Å². The van der Waals surface area contributed by atoms with Crippen molar-refractivity contribution in [2.24, 2.45) is 0 Å². The van der Waals surface area contributed by atoms with E-state index in [-0.39, 0.29) is 12.2 Å². The van der Waals surface area contributed by atoms with Gasteiger partial charge in [0, 0.05) is 19.3 Å². The minimum absolute atomic E-state index is 0.0194. The topological polar surface area (TPSA) is 67.4 Å². The first-order chi connectivity index (χ1) is 11.9. The molecule has 5 nitrogen and oxygen atoms in total. The Morgan fingerprint density at radius 1 is 1.12 bits per heavy atom. The molecule has 0 heterocycles. The normalized spacial score (nSPS) is 11.7. The fourth-order valence-electron chi connectivity index (χ4n) is 2.17. The highest BCUT2D eigenvalue weighted by molar-refractivity contribution is 6.39. The standard InChI is InChI=1S/C18H18F2N2O3/c1-11-6-7-14(9-15(11)20)22-18(24)17(23)21-10-16(25-2)12-4-3-5-13(19)8-12/h3-9,16H,10H2,1-2H3,(H,21,23)(H,22,24)/t16-/m0/s1. The van der Waals surface area contributed by atoms with Crippen molar-refractivity contribution in [1.29, 1.82) is 0 Å². The summed E-state index contributed by atoms with van der Waals surface area (Å²) in [6, 6.07) is 9.88. The first-order valence-electron chi connectivity index (χ1n) is 7.54. The van der Waals surface area contributed by atoms with Crippen LogP contribution in [-0.2, 0) is 14.3 Å². The second kappa shape index (κ2) is 8.34. The average Bonchev–Trinajstić information content (AvgIpc) is 2.58. The predicted octanol–water partition coefficient (Wildman–Crippen LogP) is 2.72. The summed E-state index contributed by atoms with van der Waals surface area (Å²) in [4.78, 5) is 23.7. The van der Waals surface area contributed by atoms with E-state index in [1.807, 2.05) is 0 Å². The molecule has 0 unspecified atom stereocenters. The fourth-order valence-corrected chi connectivity index (χ4v) is 2.17. The summed E-state index contributed by atoms with van der Waals surface area (Å²) in [5.74, 6) is -2.74. The molecule has 2 N–H and O–H groups in total. The number of aryl methyl sites for hydroxylation is 1. The summed E-state index contributed by atoms with van der Waals surface area (Å²) in [6.45, 7) is 1.57. The van der Waals surface area contributed by atoms with Gasteiger partial charge in [0.05, 0.1) is 6.10 Å². The molecule has 0 saturated heterocycles. The van der Waals surface area contributed by atoms with Gasteiger partial charge in [-0.3, -0.25) is 9.59 Å². The maximum atomic E-state index is 13.5. The van der Waals surface area contributed by atoms with Crippen LogP contribution in [0.4, 0.5) is 14.5 Å². The minimum atomic E-state index is -0.933. The molecule has 0 saturated carbocycles. The maximum absolute atomic E-state index is 13.5. The van der Waals surface area contributed by atoms with Gasteiger partial charge in [0.2, 0.25) is 0 Å². The van der Waals surface area contributed by atoms with E-state index < -0.39 is 29.6 Å². The SMILES string of the molecule is CO[C@@H](CNC(=O)C(=O)Nc1ccc(C)c(F)c1)c1cccc(F)c1. The lowest BCUT2D eigenvalue weighted by atomic mass is 10.1. The molecule has 132 valence electrons. The van der Waals surface area contributed by atoms with Crippen LogP contribution in [0, 0.1) is 18.6 Å². The highest BCUT2D eigenvalue weighted by Crippen LogP contribution is 2.17. The number of methoxy groups -OCH3 is 1. The summed E-state index contributed by atoms with van der Waals surface area (Å²) >= 11 is 0. The number of hydrogen-bond donors (Lipinski definition) is 2. The molecule has 0 aromatic heterocycles.